The van der Waals surface area contributed by atoms with Crippen LogP contribution in [0.1, 0.15) is 26.2 Å². The van der Waals surface area contributed by atoms with Gasteiger partial charge in [-0.05, 0) is 25.0 Å². The van der Waals surface area contributed by atoms with Crippen molar-refractivity contribution in [2.75, 3.05) is 20.1 Å². The third-order valence-electron chi connectivity index (χ3n) is 3.44. The largest absolute Gasteiger partial charge is 0.356 e. The van der Waals surface area contributed by atoms with Crippen molar-refractivity contribution in [2.45, 2.75) is 32.7 Å². The van der Waals surface area contributed by atoms with Gasteiger partial charge in [0, 0.05) is 26.7 Å². The first-order valence-corrected chi connectivity index (χ1v) is 7.69. The van der Waals surface area contributed by atoms with Gasteiger partial charge in [0.1, 0.15) is 0 Å². The number of aliphatic imine (C=N–C) groups is 1. The molecule has 2 N–H and O–H groups in total. The minimum Gasteiger partial charge on any atom is -0.356 e. The first kappa shape index (κ1) is 18.7. The van der Waals surface area contributed by atoms with Gasteiger partial charge in [0.05, 0.1) is 17.4 Å². The van der Waals surface area contributed by atoms with Gasteiger partial charge in [-0.1, -0.05) is 25.5 Å². The van der Waals surface area contributed by atoms with Crippen LogP contribution in [-0.4, -0.2) is 35.6 Å². The first-order chi connectivity index (χ1) is 10.3. The topological polar surface area (TPSA) is 54.2 Å². The zero-order valence-corrected chi connectivity index (χ0v) is 15.7. The molecule has 1 aromatic carbocycles. The molecular weight excluding hydrogens is 389 g/mol. The Balaban J connectivity index is 0.00000242. The van der Waals surface area contributed by atoms with Crippen LogP contribution in [0.15, 0.2) is 35.6 Å². The van der Waals surface area contributed by atoms with E-state index < -0.39 is 0 Å². The van der Waals surface area contributed by atoms with Crippen molar-refractivity contribution in [3.05, 3.63) is 30.6 Å². The van der Waals surface area contributed by atoms with Crippen molar-refractivity contribution in [3.8, 4) is 0 Å². The lowest BCUT2D eigenvalue weighted by molar-refractivity contribution is 0.634. The number of halogens is 1. The Labute approximate surface area is 149 Å². The fourth-order valence-corrected chi connectivity index (χ4v) is 2.25. The highest BCUT2D eigenvalue weighted by Gasteiger charge is 2.01. The zero-order valence-electron chi connectivity index (χ0n) is 13.4. The van der Waals surface area contributed by atoms with Gasteiger partial charge in [-0.3, -0.25) is 4.99 Å². The quantitative estimate of drug-likeness (QED) is 0.317. The van der Waals surface area contributed by atoms with Gasteiger partial charge < -0.3 is 15.2 Å². The number of aryl methyl sites for hydroxylation is 1. The maximum atomic E-state index is 4.41. The molecule has 1 aromatic heterocycles. The molecule has 0 atom stereocenters. The number of aromatic nitrogens is 2. The molecule has 5 nitrogen and oxygen atoms in total. The third kappa shape index (κ3) is 5.47. The standard InChI is InChI=1S/C16H25N5.HI/c1-3-4-10-18-16(17-2)19-11-7-12-21-13-20-14-8-5-6-9-15(14)21;/h5-6,8-9,13H,3-4,7,10-12H2,1-2H3,(H2,17,18,19);1H. The summed E-state index contributed by atoms with van der Waals surface area (Å²) in [5, 5.41) is 6.66. The highest BCUT2D eigenvalue weighted by molar-refractivity contribution is 14.0. The van der Waals surface area contributed by atoms with Crippen LogP contribution >= 0.6 is 24.0 Å². The number of para-hydroxylation sites is 2. The SMILES string of the molecule is CCCCNC(=NC)NCCCn1cnc2ccccc21.I. The predicted molar refractivity (Wildman–Crippen MR) is 104 cm³/mol. The van der Waals surface area contributed by atoms with Gasteiger partial charge >= 0.3 is 0 Å². The van der Waals surface area contributed by atoms with E-state index in [0.29, 0.717) is 0 Å². The van der Waals surface area contributed by atoms with E-state index in [0.717, 1.165) is 37.5 Å². The average molecular weight is 415 g/mol. The van der Waals surface area contributed by atoms with Crippen LogP contribution in [0.2, 0.25) is 0 Å². The van der Waals surface area contributed by atoms with E-state index in [-0.39, 0.29) is 24.0 Å². The number of nitrogens with zero attached hydrogens (tertiary/aromatic N) is 3. The molecule has 0 unspecified atom stereocenters. The van der Waals surface area contributed by atoms with E-state index in [1.165, 1.54) is 18.4 Å². The van der Waals surface area contributed by atoms with E-state index in [4.69, 9.17) is 0 Å². The first-order valence-electron chi connectivity index (χ1n) is 7.69. The molecular formula is C16H26IN5. The van der Waals surface area contributed by atoms with E-state index in [1.54, 1.807) is 0 Å². The summed E-state index contributed by atoms with van der Waals surface area (Å²) in [6.07, 6.45) is 5.31. The van der Waals surface area contributed by atoms with Crippen LogP contribution in [0.4, 0.5) is 0 Å². The summed E-state index contributed by atoms with van der Waals surface area (Å²) in [5.41, 5.74) is 2.26. The molecule has 2 aromatic rings. The summed E-state index contributed by atoms with van der Waals surface area (Å²) in [6.45, 7) is 5.02. The van der Waals surface area contributed by atoms with Crippen molar-refractivity contribution in [1.82, 2.24) is 20.2 Å². The molecule has 6 heteroatoms. The molecule has 0 aliphatic rings. The van der Waals surface area contributed by atoms with Crippen molar-refractivity contribution >= 4 is 41.0 Å². The molecule has 22 heavy (non-hydrogen) atoms. The minimum absolute atomic E-state index is 0. The fourth-order valence-electron chi connectivity index (χ4n) is 2.25. The van der Waals surface area contributed by atoms with Crippen molar-refractivity contribution in [2.24, 2.45) is 4.99 Å². The van der Waals surface area contributed by atoms with Crippen LogP contribution in [0, 0.1) is 0 Å². The number of fused-ring (bicyclic) bond motifs is 1. The molecule has 0 saturated heterocycles. The molecule has 2 rings (SSSR count). The summed E-state index contributed by atoms with van der Waals surface area (Å²) in [6, 6.07) is 8.23. The number of hydrogen-bond donors (Lipinski definition) is 2. The molecule has 0 fully saturated rings. The second kappa shape index (κ2) is 10.4. The minimum atomic E-state index is 0. The lowest BCUT2D eigenvalue weighted by Crippen LogP contribution is -2.38. The lowest BCUT2D eigenvalue weighted by Gasteiger charge is -2.11. The number of guanidine groups is 1. The number of imidazole rings is 1. The molecule has 0 aliphatic heterocycles. The molecule has 0 amide bonds. The smallest absolute Gasteiger partial charge is 0.190 e. The molecule has 0 saturated carbocycles. The van der Waals surface area contributed by atoms with Gasteiger partial charge in [0.25, 0.3) is 0 Å². The Morgan fingerprint density at radius 3 is 2.64 bits per heavy atom. The van der Waals surface area contributed by atoms with Crippen LogP contribution in [0.3, 0.4) is 0 Å². The second-order valence-corrected chi connectivity index (χ2v) is 5.06. The summed E-state index contributed by atoms with van der Waals surface area (Å²) in [4.78, 5) is 8.62. The van der Waals surface area contributed by atoms with Gasteiger partial charge in [0.2, 0.25) is 0 Å². The number of benzene rings is 1. The molecule has 1 heterocycles. The van der Waals surface area contributed by atoms with Gasteiger partial charge in [-0.25, -0.2) is 4.98 Å². The monoisotopic (exact) mass is 415 g/mol. The average Bonchev–Trinajstić information content (AvgIpc) is 2.93. The molecule has 0 spiro atoms. The van der Waals surface area contributed by atoms with E-state index in [1.807, 2.05) is 25.5 Å². The van der Waals surface area contributed by atoms with E-state index in [2.05, 4.69) is 44.2 Å². The zero-order chi connectivity index (χ0) is 14.9. The van der Waals surface area contributed by atoms with E-state index in [9.17, 15) is 0 Å². The normalized spacial score (nSPS) is 11.3. The van der Waals surface area contributed by atoms with Crippen LogP contribution < -0.4 is 10.6 Å². The van der Waals surface area contributed by atoms with Crippen LogP contribution in [0.25, 0.3) is 11.0 Å². The van der Waals surface area contributed by atoms with Crippen LogP contribution in [0.5, 0.6) is 0 Å². The summed E-state index contributed by atoms with van der Waals surface area (Å²) in [7, 11) is 1.81. The summed E-state index contributed by atoms with van der Waals surface area (Å²) in [5.74, 6) is 0.888. The molecule has 122 valence electrons. The highest BCUT2D eigenvalue weighted by Crippen LogP contribution is 2.11. The number of nitrogens with one attached hydrogen (secondary N) is 2. The Hall–Kier alpha value is -1.31. The summed E-state index contributed by atoms with van der Waals surface area (Å²) >= 11 is 0. The van der Waals surface area contributed by atoms with Gasteiger partial charge in [-0.2, -0.15) is 0 Å². The number of unbranched alkanes of at least 4 members (excludes halogenated alkanes) is 1. The van der Waals surface area contributed by atoms with Gasteiger partial charge in [0.15, 0.2) is 5.96 Å². The Kier molecular flexibility index (Phi) is 8.88. The third-order valence-corrected chi connectivity index (χ3v) is 3.44. The predicted octanol–water partition coefficient (Wildman–Crippen LogP) is 3.01. The Morgan fingerprint density at radius 1 is 1.18 bits per heavy atom. The van der Waals surface area contributed by atoms with Crippen molar-refractivity contribution < 1.29 is 0 Å². The number of hydrogen-bond acceptors (Lipinski definition) is 2. The molecule has 0 radical (unpaired) electrons. The number of rotatable bonds is 7. The van der Waals surface area contributed by atoms with Crippen LogP contribution in [-0.2, 0) is 6.54 Å². The maximum Gasteiger partial charge on any atom is 0.190 e. The lowest BCUT2D eigenvalue weighted by atomic mass is 10.3. The molecule has 0 aliphatic carbocycles. The Morgan fingerprint density at radius 2 is 1.91 bits per heavy atom. The highest BCUT2D eigenvalue weighted by atomic mass is 127. The second-order valence-electron chi connectivity index (χ2n) is 5.06. The van der Waals surface area contributed by atoms with Crippen molar-refractivity contribution in [3.63, 3.8) is 0 Å². The molecule has 0 bridgehead atoms. The summed E-state index contributed by atoms with van der Waals surface area (Å²) < 4.78 is 2.20. The van der Waals surface area contributed by atoms with Crippen molar-refractivity contribution in [1.29, 1.82) is 0 Å². The fraction of sp³-hybridized carbons (Fsp3) is 0.500. The Bertz CT molecular complexity index is 579. The maximum absolute atomic E-state index is 4.41. The van der Waals surface area contributed by atoms with Gasteiger partial charge in [-0.15, -0.1) is 24.0 Å². The van der Waals surface area contributed by atoms with E-state index >= 15 is 0 Å².